The highest BCUT2D eigenvalue weighted by molar-refractivity contribution is 5.79. The lowest BCUT2D eigenvalue weighted by Crippen LogP contribution is -2.40. The van der Waals surface area contributed by atoms with Gasteiger partial charge in [0.15, 0.2) is 0 Å². The van der Waals surface area contributed by atoms with Gasteiger partial charge in [-0.15, -0.1) is 0 Å². The normalized spacial score (nSPS) is 23.2. The topological polar surface area (TPSA) is 32.3 Å². The summed E-state index contributed by atoms with van der Waals surface area (Å²) >= 11 is 0. The van der Waals surface area contributed by atoms with Crippen LogP contribution in [-0.2, 0) is 11.3 Å². The van der Waals surface area contributed by atoms with Crippen LogP contribution in [0.25, 0.3) is 0 Å². The Bertz CT molecular complexity index is 421. The molecule has 2 heterocycles. The Balaban J connectivity index is 1.56. The maximum Gasteiger partial charge on any atom is 0.220 e. The molecule has 3 rings (SSSR count). The van der Waals surface area contributed by atoms with Crippen molar-refractivity contribution in [3.63, 3.8) is 0 Å². The molecule has 2 aliphatic heterocycles. The summed E-state index contributed by atoms with van der Waals surface area (Å²) in [4.78, 5) is 13.9. The monoisotopic (exact) mass is 244 g/mol. The molecule has 0 unspecified atom stereocenters. The van der Waals surface area contributed by atoms with E-state index >= 15 is 0 Å². The van der Waals surface area contributed by atoms with Crippen molar-refractivity contribution < 1.29 is 4.79 Å². The third-order valence-electron chi connectivity index (χ3n) is 4.36. The average molecular weight is 244 g/mol. The summed E-state index contributed by atoms with van der Waals surface area (Å²) in [5.41, 5.74) is 1.65. The van der Waals surface area contributed by atoms with Crippen LogP contribution in [-0.4, -0.2) is 30.4 Å². The first-order chi connectivity index (χ1) is 8.76. The molecule has 2 saturated heterocycles. The van der Waals surface area contributed by atoms with Crippen molar-refractivity contribution in [1.29, 1.82) is 0 Å². The quantitative estimate of drug-likeness (QED) is 0.860. The predicted octanol–water partition coefficient (Wildman–Crippen LogP) is 1.79. The molecular weight excluding hydrogens is 224 g/mol. The number of piperidine rings is 1. The molecule has 0 radical (unpaired) electrons. The van der Waals surface area contributed by atoms with Crippen LogP contribution in [0.4, 0.5) is 0 Å². The number of carbonyl (C=O) groups is 1. The summed E-state index contributed by atoms with van der Waals surface area (Å²) in [5.74, 6) is 0.242. The number of likely N-dealkylation sites (tertiary alicyclic amines) is 1. The fourth-order valence-electron chi connectivity index (χ4n) is 3.13. The van der Waals surface area contributed by atoms with Gasteiger partial charge in [-0.1, -0.05) is 30.3 Å². The number of carbonyl (C=O) groups excluding carboxylic acids is 1. The third kappa shape index (κ3) is 2.41. The molecule has 2 fully saturated rings. The first-order valence-electron chi connectivity index (χ1n) is 6.79. The minimum Gasteiger partial charge on any atom is -0.356 e. The van der Waals surface area contributed by atoms with E-state index in [9.17, 15) is 4.79 Å². The van der Waals surface area contributed by atoms with Gasteiger partial charge in [0, 0.05) is 19.5 Å². The van der Waals surface area contributed by atoms with E-state index in [4.69, 9.17) is 0 Å². The van der Waals surface area contributed by atoms with E-state index in [1.165, 1.54) is 5.56 Å². The second-order valence-electron chi connectivity index (χ2n) is 5.72. The smallest absolute Gasteiger partial charge is 0.220 e. The average Bonchev–Trinajstić information content (AvgIpc) is 2.75. The minimum absolute atomic E-state index is 0.242. The molecule has 3 nitrogen and oxygen atoms in total. The number of nitrogens with one attached hydrogen (secondary N) is 1. The Labute approximate surface area is 108 Å². The van der Waals surface area contributed by atoms with Crippen LogP contribution in [0.3, 0.4) is 0 Å². The molecule has 0 aromatic heterocycles. The van der Waals surface area contributed by atoms with Gasteiger partial charge in [0.1, 0.15) is 0 Å². The molecule has 18 heavy (non-hydrogen) atoms. The highest BCUT2D eigenvalue weighted by atomic mass is 16.1. The van der Waals surface area contributed by atoms with E-state index in [-0.39, 0.29) is 11.3 Å². The Morgan fingerprint density at radius 3 is 2.50 bits per heavy atom. The lowest BCUT2D eigenvalue weighted by molar-refractivity contribution is -0.119. The first kappa shape index (κ1) is 11.7. The molecule has 96 valence electrons. The largest absolute Gasteiger partial charge is 0.356 e. The van der Waals surface area contributed by atoms with E-state index in [1.807, 2.05) is 0 Å². The third-order valence-corrected chi connectivity index (χ3v) is 4.36. The van der Waals surface area contributed by atoms with Crippen LogP contribution in [0.5, 0.6) is 0 Å². The lowest BCUT2D eigenvalue weighted by atomic mass is 9.77. The summed E-state index contributed by atoms with van der Waals surface area (Å²) in [7, 11) is 0. The second-order valence-corrected chi connectivity index (χ2v) is 5.72. The summed E-state index contributed by atoms with van der Waals surface area (Å²) in [5, 5.41) is 2.99. The van der Waals surface area contributed by atoms with Gasteiger partial charge < -0.3 is 5.32 Å². The van der Waals surface area contributed by atoms with E-state index in [0.717, 1.165) is 45.4 Å². The van der Waals surface area contributed by atoms with Crippen molar-refractivity contribution in [2.24, 2.45) is 5.41 Å². The number of hydrogen-bond donors (Lipinski definition) is 1. The van der Waals surface area contributed by atoms with Crippen molar-refractivity contribution in [3.8, 4) is 0 Å². The molecule has 1 amide bonds. The Kier molecular flexibility index (Phi) is 3.08. The predicted molar refractivity (Wildman–Crippen MR) is 71.0 cm³/mol. The fourth-order valence-corrected chi connectivity index (χ4v) is 3.13. The highest BCUT2D eigenvalue weighted by Gasteiger charge is 2.40. The molecule has 2 aliphatic rings. The van der Waals surface area contributed by atoms with Crippen molar-refractivity contribution in [1.82, 2.24) is 10.2 Å². The Morgan fingerprint density at radius 2 is 1.89 bits per heavy atom. The zero-order valence-electron chi connectivity index (χ0n) is 10.7. The van der Waals surface area contributed by atoms with Gasteiger partial charge >= 0.3 is 0 Å². The molecule has 0 saturated carbocycles. The molecule has 0 atom stereocenters. The Hall–Kier alpha value is -1.35. The van der Waals surface area contributed by atoms with E-state index in [2.05, 4.69) is 40.5 Å². The molecule has 1 N–H and O–H groups in total. The fraction of sp³-hybridized carbons (Fsp3) is 0.533. The van der Waals surface area contributed by atoms with Crippen LogP contribution in [0, 0.1) is 5.41 Å². The van der Waals surface area contributed by atoms with Gasteiger partial charge in [0.05, 0.1) is 0 Å². The maximum atomic E-state index is 11.4. The minimum atomic E-state index is 0.242. The van der Waals surface area contributed by atoms with Crippen LogP contribution >= 0.6 is 0 Å². The number of benzene rings is 1. The number of rotatable bonds is 2. The second kappa shape index (κ2) is 4.73. The standard InChI is InChI=1S/C15H20N2O/c18-14-10-15(12-16-14)6-8-17(9-7-15)11-13-4-2-1-3-5-13/h1-5H,6-12H2,(H,16,18). The number of nitrogens with zero attached hydrogens (tertiary/aromatic N) is 1. The zero-order chi connectivity index (χ0) is 12.4. The van der Waals surface area contributed by atoms with Gasteiger partial charge in [-0.05, 0) is 36.9 Å². The molecule has 1 aromatic carbocycles. The first-order valence-corrected chi connectivity index (χ1v) is 6.79. The molecule has 1 aromatic rings. The van der Waals surface area contributed by atoms with Gasteiger partial charge in [-0.25, -0.2) is 0 Å². The van der Waals surface area contributed by atoms with Crippen LogP contribution in [0.15, 0.2) is 30.3 Å². The lowest BCUT2D eigenvalue weighted by Gasteiger charge is -2.38. The molecular formula is C15H20N2O. The van der Waals surface area contributed by atoms with Gasteiger partial charge in [-0.2, -0.15) is 0 Å². The van der Waals surface area contributed by atoms with Crippen molar-refractivity contribution in [3.05, 3.63) is 35.9 Å². The Morgan fingerprint density at radius 1 is 1.17 bits per heavy atom. The van der Waals surface area contributed by atoms with Gasteiger partial charge in [0.2, 0.25) is 5.91 Å². The number of amides is 1. The van der Waals surface area contributed by atoms with Crippen molar-refractivity contribution >= 4 is 5.91 Å². The van der Waals surface area contributed by atoms with Crippen LogP contribution in [0.1, 0.15) is 24.8 Å². The van der Waals surface area contributed by atoms with Gasteiger partial charge in [-0.3, -0.25) is 9.69 Å². The number of hydrogen-bond acceptors (Lipinski definition) is 2. The molecule has 0 aliphatic carbocycles. The van der Waals surface area contributed by atoms with Crippen LogP contribution in [0.2, 0.25) is 0 Å². The zero-order valence-corrected chi connectivity index (χ0v) is 10.7. The van der Waals surface area contributed by atoms with Crippen molar-refractivity contribution in [2.75, 3.05) is 19.6 Å². The summed E-state index contributed by atoms with van der Waals surface area (Å²) < 4.78 is 0. The molecule has 0 bridgehead atoms. The van der Waals surface area contributed by atoms with E-state index < -0.39 is 0 Å². The maximum absolute atomic E-state index is 11.4. The van der Waals surface area contributed by atoms with E-state index in [0.29, 0.717) is 0 Å². The summed E-state index contributed by atoms with van der Waals surface area (Å²) in [6.07, 6.45) is 3.04. The van der Waals surface area contributed by atoms with E-state index in [1.54, 1.807) is 0 Å². The van der Waals surface area contributed by atoms with Crippen molar-refractivity contribution in [2.45, 2.75) is 25.8 Å². The molecule has 1 spiro atoms. The van der Waals surface area contributed by atoms with Gasteiger partial charge in [0.25, 0.3) is 0 Å². The van der Waals surface area contributed by atoms with Crippen LogP contribution < -0.4 is 5.32 Å². The highest BCUT2D eigenvalue weighted by Crippen LogP contribution is 2.37. The molecule has 3 heteroatoms. The SMILES string of the molecule is O=C1CC2(CCN(Cc3ccccc3)CC2)CN1. The summed E-state index contributed by atoms with van der Waals surface area (Å²) in [6.45, 7) is 4.16. The summed E-state index contributed by atoms with van der Waals surface area (Å²) in [6, 6.07) is 10.6.